The highest BCUT2D eigenvalue weighted by molar-refractivity contribution is 6.10. The molecule has 0 saturated carbocycles. The Morgan fingerprint density at radius 2 is 1.63 bits per heavy atom. The molecule has 3 rings (SSSR count). The molecule has 3 aromatic carbocycles. The standard InChI is InChI=1S/C28H27N3O4/c1-18-9-7-11-24(20(18)3)30-27(32)17-35-25-13-12-21(15-26(25)34-4)14-22(16-29)28(33)31-23-10-6-5-8-19(23)2/h5-15H,17H2,1-4H3,(H,30,32)(H,31,33)/b22-14-. The van der Waals surface area contributed by atoms with E-state index < -0.39 is 5.91 Å². The van der Waals surface area contributed by atoms with Crippen molar-refractivity contribution in [1.82, 2.24) is 0 Å². The number of ether oxygens (including phenoxy) is 2. The Kier molecular flexibility index (Phi) is 8.25. The minimum atomic E-state index is -0.510. The second-order valence-electron chi connectivity index (χ2n) is 7.93. The van der Waals surface area contributed by atoms with E-state index >= 15 is 0 Å². The van der Waals surface area contributed by atoms with Crippen molar-refractivity contribution in [2.75, 3.05) is 24.4 Å². The summed E-state index contributed by atoms with van der Waals surface area (Å²) in [6.45, 7) is 5.59. The van der Waals surface area contributed by atoms with E-state index in [1.807, 2.05) is 63.2 Å². The van der Waals surface area contributed by atoms with Crippen molar-refractivity contribution < 1.29 is 19.1 Å². The lowest BCUT2D eigenvalue weighted by Gasteiger charge is -2.13. The minimum Gasteiger partial charge on any atom is -0.493 e. The number of nitrogens with one attached hydrogen (secondary N) is 2. The molecule has 0 aromatic heterocycles. The fourth-order valence-corrected chi connectivity index (χ4v) is 3.33. The van der Waals surface area contributed by atoms with Gasteiger partial charge in [-0.05, 0) is 73.4 Å². The van der Waals surface area contributed by atoms with Crippen molar-refractivity contribution >= 4 is 29.3 Å². The molecule has 0 aliphatic heterocycles. The van der Waals surface area contributed by atoms with E-state index in [0.717, 1.165) is 22.4 Å². The molecule has 7 heteroatoms. The average molecular weight is 470 g/mol. The molecule has 178 valence electrons. The predicted octanol–water partition coefficient (Wildman–Crippen LogP) is 5.18. The average Bonchev–Trinajstić information content (AvgIpc) is 2.85. The number of aryl methyl sites for hydroxylation is 2. The summed E-state index contributed by atoms with van der Waals surface area (Å²) in [4.78, 5) is 25.0. The number of methoxy groups -OCH3 is 1. The van der Waals surface area contributed by atoms with E-state index in [-0.39, 0.29) is 18.1 Å². The number of carbonyl (C=O) groups excluding carboxylic acids is 2. The maximum atomic E-state index is 12.6. The second kappa shape index (κ2) is 11.5. The fourth-order valence-electron chi connectivity index (χ4n) is 3.33. The summed E-state index contributed by atoms with van der Waals surface area (Å²) >= 11 is 0. The third kappa shape index (κ3) is 6.49. The van der Waals surface area contributed by atoms with Crippen molar-refractivity contribution in [2.24, 2.45) is 0 Å². The van der Waals surface area contributed by atoms with Gasteiger partial charge in [0.15, 0.2) is 18.1 Å². The summed E-state index contributed by atoms with van der Waals surface area (Å²) in [6, 6.07) is 19.9. The Bertz CT molecular complexity index is 1320. The molecule has 2 N–H and O–H groups in total. The molecule has 2 amide bonds. The van der Waals surface area contributed by atoms with E-state index in [1.54, 1.807) is 24.3 Å². The predicted molar refractivity (Wildman–Crippen MR) is 136 cm³/mol. The molecule has 0 radical (unpaired) electrons. The SMILES string of the molecule is COc1cc(/C=C(/C#N)C(=O)Nc2ccccc2C)ccc1OCC(=O)Nc1cccc(C)c1C. The summed E-state index contributed by atoms with van der Waals surface area (Å²) in [5.74, 6) is -0.0768. The number of carbonyl (C=O) groups is 2. The van der Waals surface area contributed by atoms with Gasteiger partial charge in [0.2, 0.25) is 0 Å². The summed E-state index contributed by atoms with van der Waals surface area (Å²) in [5, 5.41) is 15.1. The molecule has 0 atom stereocenters. The summed E-state index contributed by atoms with van der Waals surface area (Å²) in [5.41, 5.74) is 4.86. The van der Waals surface area contributed by atoms with Gasteiger partial charge in [0.1, 0.15) is 11.6 Å². The lowest BCUT2D eigenvalue weighted by molar-refractivity contribution is -0.118. The molecule has 7 nitrogen and oxygen atoms in total. The van der Waals surface area contributed by atoms with Crippen LogP contribution in [-0.4, -0.2) is 25.5 Å². The van der Waals surface area contributed by atoms with E-state index in [1.165, 1.54) is 13.2 Å². The van der Waals surface area contributed by atoms with Crippen LogP contribution < -0.4 is 20.1 Å². The number of nitrogens with zero attached hydrogens (tertiary/aromatic N) is 1. The smallest absolute Gasteiger partial charge is 0.266 e. The zero-order valence-corrected chi connectivity index (χ0v) is 20.1. The molecular formula is C28H27N3O4. The van der Waals surface area contributed by atoms with Gasteiger partial charge in [0.05, 0.1) is 7.11 Å². The van der Waals surface area contributed by atoms with Gasteiger partial charge in [0, 0.05) is 11.4 Å². The zero-order chi connectivity index (χ0) is 25.4. The van der Waals surface area contributed by atoms with Gasteiger partial charge >= 0.3 is 0 Å². The first-order valence-electron chi connectivity index (χ1n) is 11.0. The Labute approximate surface area is 205 Å². The van der Waals surface area contributed by atoms with Crippen LogP contribution in [0.3, 0.4) is 0 Å². The molecule has 0 unspecified atom stereocenters. The van der Waals surface area contributed by atoms with Crippen LogP contribution in [-0.2, 0) is 9.59 Å². The van der Waals surface area contributed by atoms with Crippen molar-refractivity contribution in [3.8, 4) is 17.6 Å². The molecule has 0 heterocycles. The van der Waals surface area contributed by atoms with E-state index in [4.69, 9.17) is 9.47 Å². The van der Waals surface area contributed by atoms with E-state index in [9.17, 15) is 14.9 Å². The number of hydrogen-bond acceptors (Lipinski definition) is 5. The highest BCUT2D eigenvalue weighted by atomic mass is 16.5. The van der Waals surface area contributed by atoms with Crippen molar-refractivity contribution in [3.63, 3.8) is 0 Å². The first-order valence-corrected chi connectivity index (χ1v) is 11.0. The van der Waals surface area contributed by atoms with Crippen LogP contribution in [0.5, 0.6) is 11.5 Å². The van der Waals surface area contributed by atoms with Gasteiger partial charge in [0.25, 0.3) is 11.8 Å². The van der Waals surface area contributed by atoms with Gasteiger partial charge in [-0.15, -0.1) is 0 Å². The minimum absolute atomic E-state index is 0.0584. The summed E-state index contributed by atoms with van der Waals surface area (Å²) in [6.07, 6.45) is 1.47. The van der Waals surface area contributed by atoms with Crippen LogP contribution >= 0.6 is 0 Å². The number of nitriles is 1. The summed E-state index contributed by atoms with van der Waals surface area (Å²) in [7, 11) is 1.47. The number of rotatable bonds is 8. The van der Waals surface area contributed by atoms with Crippen LogP contribution in [0.1, 0.15) is 22.3 Å². The Morgan fingerprint density at radius 1 is 0.914 bits per heavy atom. The quantitative estimate of drug-likeness (QED) is 0.350. The number of benzene rings is 3. The number of para-hydroxylation sites is 1. The molecule has 0 fully saturated rings. The highest BCUT2D eigenvalue weighted by Gasteiger charge is 2.13. The molecule has 0 aliphatic carbocycles. The number of hydrogen-bond donors (Lipinski definition) is 2. The van der Waals surface area contributed by atoms with Crippen LogP contribution in [0.4, 0.5) is 11.4 Å². The Hall–Kier alpha value is -4.57. The number of amides is 2. The van der Waals surface area contributed by atoms with Crippen LogP contribution in [0.15, 0.2) is 66.2 Å². The molecule has 0 bridgehead atoms. The maximum Gasteiger partial charge on any atom is 0.266 e. The van der Waals surface area contributed by atoms with Crippen molar-refractivity contribution in [3.05, 3.63) is 88.5 Å². The molecule has 3 aromatic rings. The largest absolute Gasteiger partial charge is 0.493 e. The maximum absolute atomic E-state index is 12.6. The second-order valence-corrected chi connectivity index (χ2v) is 7.93. The monoisotopic (exact) mass is 469 g/mol. The third-order valence-corrected chi connectivity index (χ3v) is 5.49. The van der Waals surface area contributed by atoms with Crippen molar-refractivity contribution in [1.29, 1.82) is 5.26 Å². The van der Waals surface area contributed by atoms with Gasteiger partial charge in [-0.25, -0.2) is 0 Å². The fraction of sp³-hybridized carbons (Fsp3) is 0.179. The van der Waals surface area contributed by atoms with Gasteiger partial charge in [-0.1, -0.05) is 36.4 Å². The normalized spacial score (nSPS) is 10.8. The third-order valence-electron chi connectivity index (χ3n) is 5.49. The molecule has 0 aliphatic rings. The van der Waals surface area contributed by atoms with Gasteiger partial charge in [-0.2, -0.15) is 5.26 Å². The van der Waals surface area contributed by atoms with Gasteiger partial charge < -0.3 is 20.1 Å². The van der Waals surface area contributed by atoms with E-state index in [0.29, 0.717) is 22.7 Å². The molecule has 35 heavy (non-hydrogen) atoms. The highest BCUT2D eigenvalue weighted by Crippen LogP contribution is 2.29. The Balaban J connectivity index is 1.70. The number of anilines is 2. The van der Waals surface area contributed by atoms with Crippen LogP contribution in [0.2, 0.25) is 0 Å². The first kappa shape index (κ1) is 25.1. The molecule has 0 saturated heterocycles. The first-order chi connectivity index (χ1) is 16.8. The molecule has 0 spiro atoms. The van der Waals surface area contributed by atoms with Gasteiger partial charge in [-0.3, -0.25) is 9.59 Å². The lowest BCUT2D eigenvalue weighted by atomic mass is 10.1. The topological polar surface area (TPSA) is 100 Å². The van der Waals surface area contributed by atoms with E-state index in [2.05, 4.69) is 10.6 Å². The summed E-state index contributed by atoms with van der Waals surface area (Å²) < 4.78 is 11.0. The van der Waals surface area contributed by atoms with Crippen molar-refractivity contribution in [2.45, 2.75) is 20.8 Å². The molecular weight excluding hydrogens is 442 g/mol. The van der Waals surface area contributed by atoms with Crippen LogP contribution in [0, 0.1) is 32.1 Å². The van der Waals surface area contributed by atoms with Crippen LogP contribution in [0.25, 0.3) is 6.08 Å². The zero-order valence-electron chi connectivity index (χ0n) is 20.1. The Morgan fingerprint density at radius 3 is 2.34 bits per heavy atom. The lowest BCUT2D eigenvalue weighted by Crippen LogP contribution is -2.21.